The third-order valence-electron chi connectivity index (χ3n) is 5.64. The molecular formula is C25H28F3IN2O2. The maximum atomic E-state index is 14.0. The number of halogens is 4. The first-order valence-electron chi connectivity index (χ1n) is 11.3. The molecule has 0 amide bonds. The summed E-state index contributed by atoms with van der Waals surface area (Å²) in [5, 5.41) is 9.24. The molecule has 0 fully saturated rings. The van der Waals surface area contributed by atoms with Crippen molar-refractivity contribution in [1.29, 1.82) is 0 Å². The molecule has 0 aliphatic heterocycles. The van der Waals surface area contributed by atoms with Gasteiger partial charge in [-0.15, -0.1) is 0 Å². The van der Waals surface area contributed by atoms with E-state index in [2.05, 4.69) is 47.5 Å². The molecular weight excluding hydrogens is 544 g/mol. The van der Waals surface area contributed by atoms with E-state index in [4.69, 9.17) is 0 Å². The van der Waals surface area contributed by atoms with Crippen molar-refractivity contribution in [3.63, 3.8) is 0 Å². The molecule has 4 nitrogen and oxygen atoms in total. The molecule has 3 aromatic rings. The van der Waals surface area contributed by atoms with E-state index in [9.17, 15) is 23.1 Å². The Bertz CT molecular complexity index is 1120. The predicted molar refractivity (Wildman–Crippen MR) is 133 cm³/mol. The van der Waals surface area contributed by atoms with E-state index in [1.165, 1.54) is 18.2 Å². The smallest absolute Gasteiger partial charge is 0.450 e. The van der Waals surface area contributed by atoms with Gasteiger partial charge in [0.05, 0.1) is 16.6 Å². The van der Waals surface area contributed by atoms with Crippen molar-refractivity contribution in [3.05, 3.63) is 58.9 Å². The highest BCUT2D eigenvalue weighted by atomic mass is 127. The van der Waals surface area contributed by atoms with Crippen LogP contribution < -0.4 is 0 Å². The van der Waals surface area contributed by atoms with E-state index < -0.39 is 18.0 Å². The largest absolute Gasteiger partial charge is 0.478 e. The Hall–Kier alpha value is -2.10. The van der Waals surface area contributed by atoms with Gasteiger partial charge in [0.2, 0.25) is 5.82 Å². The van der Waals surface area contributed by atoms with Gasteiger partial charge in [0, 0.05) is 9.61 Å². The molecule has 0 aliphatic rings. The van der Waals surface area contributed by atoms with E-state index in [0.717, 1.165) is 60.6 Å². The number of aromatic nitrogens is 2. The van der Waals surface area contributed by atoms with E-state index in [-0.39, 0.29) is 20.5 Å². The second kappa shape index (κ2) is 10.9. The normalized spacial score (nSPS) is 12.9. The van der Waals surface area contributed by atoms with Gasteiger partial charge < -0.3 is 5.11 Å². The lowest BCUT2D eigenvalue weighted by molar-refractivity contribution is -0.145. The fraction of sp³-hybridized carbons (Fsp3) is 0.440. The first kappa shape index (κ1) is 25.5. The minimum Gasteiger partial charge on any atom is -0.478 e. The van der Waals surface area contributed by atoms with E-state index in [1.54, 1.807) is 0 Å². The number of unbranched alkanes of at least 4 members (excludes halogenated alkanes) is 3. The minimum absolute atomic E-state index is 0.0108. The Morgan fingerprint density at radius 2 is 1.85 bits per heavy atom. The molecule has 1 heterocycles. The number of hydrogen-bond donors (Lipinski definition) is 1. The fourth-order valence-electron chi connectivity index (χ4n) is 3.99. The maximum Gasteiger partial charge on any atom is 0.450 e. The number of fused-ring (bicyclic) bond motifs is 1. The summed E-state index contributed by atoms with van der Waals surface area (Å²) in [7, 11) is 0. The van der Waals surface area contributed by atoms with Crippen molar-refractivity contribution in [3.8, 4) is 5.69 Å². The van der Waals surface area contributed by atoms with Crippen molar-refractivity contribution in [1.82, 2.24) is 9.55 Å². The first-order valence-corrected chi connectivity index (χ1v) is 12.5. The van der Waals surface area contributed by atoms with Crippen molar-refractivity contribution >= 4 is 39.6 Å². The first-order chi connectivity index (χ1) is 15.7. The lowest BCUT2D eigenvalue weighted by atomic mass is 10.00. The molecule has 1 N–H and O–H groups in total. The molecule has 0 saturated carbocycles. The van der Waals surface area contributed by atoms with Gasteiger partial charge in [-0.25, -0.2) is 9.78 Å². The maximum absolute atomic E-state index is 14.0. The van der Waals surface area contributed by atoms with Crippen LogP contribution in [0.25, 0.3) is 16.7 Å². The SMILES string of the molecule is CCCCCCc1cc(C(I)CCC)cc(-n2c(C(F)(F)F)nc3cc(C(=O)O)ccc32)c1. The number of aromatic carboxylic acids is 1. The number of aryl methyl sites for hydroxylation is 1. The van der Waals surface area contributed by atoms with Crippen LogP contribution in [0.1, 0.15) is 83.6 Å². The second-order valence-electron chi connectivity index (χ2n) is 8.28. The number of nitrogens with zero attached hydrogens (tertiary/aromatic N) is 2. The Balaban J connectivity index is 2.19. The molecule has 0 saturated heterocycles. The quantitative estimate of drug-likeness (QED) is 0.152. The Labute approximate surface area is 205 Å². The number of imidazole rings is 1. The molecule has 8 heteroatoms. The summed E-state index contributed by atoms with van der Waals surface area (Å²) in [6, 6.07) is 9.64. The molecule has 2 aromatic carbocycles. The molecule has 0 aliphatic carbocycles. The highest BCUT2D eigenvalue weighted by molar-refractivity contribution is 14.1. The van der Waals surface area contributed by atoms with Crippen molar-refractivity contribution in [2.75, 3.05) is 0 Å². The molecule has 0 radical (unpaired) electrons. The fourth-order valence-corrected chi connectivity index (χ4v) is 4.98. The predicted octanol–water partition coefficient (Wildman–Crippen LogP) is 8.14. The minimum atomic E-state index is -4.69. The molecule has 0 bridgehead atoms. The van der Waals surface area contributed by atoms with Crippen LogP contribution in [0.4, 0.5) is 13.2 Å². The monoisotopic (exact) mass is 572 g/mol. The Kier molecular flexibility index (Phi) is 8.42. The highest BCUT2D eigenvalue weighted by Crippen LogP contribution is 2.37. The number of carboxylic acids is 1. The standard InChI is InChI=1S/C25H28F3IN2O2/c1-3-5-6-7-9-16-12-18(20(29)8-4-2)14-19(13-16)31-22-11-10-17(23(32)33)15-21(22)30-24(31)25(26,27)28/h10-15,20H,3-9H2,1-2H3,(H,32,33). The molecule has 1 unspecified atom stereocenters. The van der Waals surface area contributed by atoms with Crippen LogP contribution in [0.2, 0.25) is 0 Å². The third-order valence-corrected chi connectivity index (χ3v) is 6.98. The van der Waals surface area contributed by atoms with Gasteiger partial charge in [-0.05, 0) is 60.7 Å². The van der Waals surface area contributed by atoms with Gasteiger partial charge in [-0.2, -0.15) is 13.2 Å². The van der Waals surface area contributed by atoms with Crippen LogP contribution in [-0.4, -0.2) is 20.6 Å². The van der Waals surface area contributed by atoms with Crippen molar-refractivity contribution < 1.29 is 23.1 Å². The number of hydrogen-bond acceptors (Lipinski definition) is 2. The lowest BCUT2D eigenvalue weighted by Gasteiger charge is -2.17. The number of alkyl halides is 4. The van der Waals surface area contributed by atoms with Crippen molar-refractivity contribution in [2.24, 2.45) is 0 Å². The van der Waals surface area contributed by atoms with Gasteiger partial charge in [0.25, 0.3) is 0 Å². The van der Waals surface area contributed by atoms with Gasteiger partial charge >= 0.3 is 12.1 Å². The zero-order chi connectivity index (χ0) is 24.2. The van der Waals surface area contributed by atoms with Crippen LogP contribution in [0.3, 0.4) is 0 Å². The molecule has 0 spiro atoms. The highest BCUT2D eigenvalue weighted by Gasteiger charge is 2.38. The average Bonchev–Trinajstić information content (AvgIpc) is 3.16. The summed E-state index contributed by atoms with van der Waals surface area (Å²) in [6.45, 7) is 4.23. The van der Waals surface area contributed by atoms with Gasteiger partial charge in [-0.1, -0.05) is 68.2 Å². The van der Waals surface area contributed by atoms with Crippen LogP contribution in [0, 0.1) is 0 Å². The van der Waals surface area contributed by atoms with Crippen molar-refractivity contribution in [2.45, 2.75) is 68.9 Å². The Morgan fingerprint density at radius 3 is 2.48 bits per heavy atom. The van der Waals surface area contributed by atoms with Crippen LogP contribution in [-0.2, 0) is 12.6 Å². The lowest BCUT2D eigenvalue weighted by Crippen LogP contribution is -2.14. The summed E-state index contributed by atoms with van der Waals surface area (Å²) in [5.41, 5.74) is 2.57. The molecule has 178 valence electrons. The molecule has 1 atom stereocenters. The van der Waals surface area contributed by atoms with Crippen LogP contribution >= 0.6 is 22.6 Å². The number of rotatable bonds is 10. The molecule has 3 rings (SSSR count). The number of benzene rings is 2. The van der Waals surface area contributed by atoms with E-state index in [1.807, 2.05) is 12.1 Å². The summed E-state index contributed by atoms with van der Waals surface area (Å²) < 4.78 is 43.3. The van der Waals surface area contributed by atoms with Crippen LogP contribution in [0.5, 0.6) is 0 Å². The summed E-state index contributed by atoms with van der Waals surface area (Å²) >= 11 is 2.35. The third kappa shape index (κ3) is 6.07. The summed E-state index contributed by atoms with van der Waals surface area (Å²) in [5.74, 6) is -2.25. The zero-order valence-corrected chi connectivity index (χ0v) is 20.9. The van der Waals surface area contributed by atoms with E-state index in [0.29, 0.717) is 5.69 Å². The summed E-state index contributed by atoms with van der Waals surface area (Å²) in [6.07, 6.45) is 2.33. The molecule has 33 heavy (non-hydrogen) atoms. The van der Waals surface area contributed by atoms with Crippen LogP contribution in [0.15, 0.2) is 36.4 Å². The average molecular weight is 572 g/mol. The second-order valence-corrected chi connectivity index (χ2v) is 9.78. The summed E-state index contributed by atoms with van der Waals surface area (Å²) in [4.78, 5) is 15.1. The number of carbonyl (C=O) groups is 1. The zero-order valence-electron chi connectivity index (χ0n) is 18.8. The van der Waals surface area contributed by atoms with E-state index >= 15 is 0 Å². The molecule has 1 aromatic heterocycles. The number of carboxylic acid groups (broad SMARTS) is 1. The van der Waals surface area contributed by atoms with Gasteiger partial charge in [-0.3, -0.25) is 4.57 Å². The Morgan fingerprint density at radius 1 is 1.09 bits per heavy atom. The van der Waals surface area contributed by atoms with Gasteiger partial charge in [0.15, 0.2) is 0 Å². The van der Waals surface area contributed by atoms with Gasteiger partial charge in [0.1, 0.15) is 0 Å². The topological polar surface area (TPSA) is 55.1 Å².